The van der Waals surface area contributed by atoms with E-state index in [0.717, 1.165) is 35.3 Å². The zero-order chi connectivity index (χ0) is 24.1. The van der Waals surface area contributed by atoms with Crippen molar-refractivity contribution >= 4 is 11.8 Å². The molecule has 4 rings (SSSR count). The van der Waals surface area contributed by atoms with Crippen LogP contribution in [0.3, 0.4) is 0 Å². The van der Waals surface area contributed by atoms with Crippen LogP contribution in [0, 0.1) is 11.8 Å². The largest absolute Gasteiger partial charge is 0.497 e. The second-order valence-corrected chi connectivity index (χ2v) is 8.90. The molecule has 0 radical (unpaired) electrons. The summed E-state index contributed by atoms with van der Waals surface area (Å²) >= 11 is 0. The molecule has 2 aromatic rings. The number of rotatable bonds is 7. The Morgan fingerprint density at radius 3 is 2.56 bits per heavy atom. The standard InChI is InChI=1S/C28H32N2O4/c1-4-5-9-26(31)29-17-24-28(25(19-33-2)30(24)27(32)18-29)22-14-12-20(13-15-22)10-11-21-7-6-8-23(16-21)34-3/h6-8,12-16,24-25,28H,4-5,9,17-19H2,1-3H3/t24-,25-,28-/m0/s1. The van der Waals surface area contributed by atoms with Crippen LogP contribution in [0.15, 0.2) is 48.5 Å². The van der Waals surface area contributed by atoms with Crippen molar-refractivity contribution < 1.29 is 19.1 Å². The summed E-state index contributed by atoms with van der Waals surface area (Å²) in [7, 11) is 3.31. The topological polar surface area (TPSA) is 59.1 Å². The second-order valence-electron chi connectivity index (χ2n) is 8.90. The van der Waals surface area contributed by atoms with E-state index < -0.39 is 0 Å². The van der Waals surface area contributed by atoms with Crippen molar-refractivity contribution in [1.82, 2.24) is 9.80 Å². The molecule has 2 amide bonds. The van der Waals surface area contributed by atoms with E-state index in [9.17, 15) is 9.59 Å². The van der Waals surface area contributed by atoms with Crippen molar-refractivity contribution in [3.05, 3.63) is 65.2 Å². The zero-order valence-corrected chi connectivity index (χ0v) is 20.1. The first kappa shape index (κ1) is 23.8. The maximum Gasteiger partial charge on any atom is 0.242 e. The van der Waals surface area contributed by atoms with E-state index in [2.05, 4.69) is 30.9 Å². The van der Waals surface area contributed by atoms with Crippen LogP contribution in [-0.4, -0.2) is 67.6 Å². The molecule has 2 heterocycles. The molecule has 0 spiro atoms. The minimum absolute atomic E-state index is 0.0101. The molecule has 2 aliphatic rings. The molecule has 3 atom stereocenters. The number of hydrogen-bond acceptors (Lipinski definition) is 4. The lowest BCUT2D eigenvalue weighted by Crippen LogP contribution is -2.73. The molecule has 6 nitrogen and oxygen atoms in total. The van der Waals surface area contributed by atoms with Gasteiger partial charge in [-0.3, -0.25) is 9.59 Å². The molecule has 6 heteroatoms. The molecule has 0 bridgehead atoms. The van der Waals surface area contributed by atoms with E-state index in [1.54, 1.807) is 19.1 Å². The van der Waals surface area contributed by atoms with E-state index >= 15 is 0 Å². The fourth-order valence-corrected chi connectivity index (χ4v) is 4.96. The Morgan fingerprint density at radius 2 is 1.85 bits per heavy atom. The Balaban J connectivity index is 1.51. The van der Waals surface area contributed by atoms with Gasteiger partial charge in [-0.2, -0.15) is 0 Å². The molecule has 2 saturated heterocycles. The Labute approximate surface area is 201 Å². The van der Waals surface area contributed by atoms with E-state index in [1.807, 2.05) is 41.3 Å². The molecule has 0 saturated carbocycles. The van der Waals surface area contributed by atoms with E-state index in [0.29, 0.717) is 19.6 Å². The summed E-state index contributed by atoms with van der Waals surface area (Å²) in [6, 6.07) is 15.9. The average molecular weight is 461 g/mol. The molecule has 2 aromatic carbocycles. The summed E-state index contributed by atoms with van der Waals surface area (Å²) in [6.45, 7) is 3.30. The number of methoxy groups -OCH3 is 2. The van der Waals surface area contributed by atoms with E-state index in [4.69, 9.17) is 9.47 Å². The first-order valence-corrected chi connectivity index (χ1v) is 11.9. The number of carbonyl (C=O) groups is 2. The number of benzene rings is 2. The Kier molecular flexibility index (Phi) is 7.54. The maximum absolute atomic E-state index is 12.9. The lowest BCUT2D eigenvalue weighted by molar-refractivity contribution is -0.167. The summed E-state index contributed by atoms with van der Waals surface area (Å²) < 4.78 is 10.7. The summed E-state index contributed by atoms with van der Waals surface area (Å²) in [5, 5.41) is 0. The van der Waals surface area contributed by atoms with Crippen LogP contribution in [0.4, 0.5) is 0 Å². The Hall–Kier alpha value is -3.30. The minimum atomic E-state index is -0.0132. The van der Waals surface area contributed by atoms with Crippen molar-refractivity contribution in [3.8, 4) is 17.6 Å². The number of piperazine rings is 1. The van der Waals surface area contributed by atoms with E-state index in [-0.39, 0.29) is 36.4 Å². The van der Waals surface area contributed by atoms with Gasteiger partial charge in [-0.25, -0.2) is 0 Å². The molecule has 0 aliphatic carbocycles. The molecule has 0 N–H and O–H groups in total. The van der Waals surface area contributed by atoms with Crippen molar-refractivity contribution in [2.45, 2.75) is 44.2 Å². The van der Waals surface area contributed by atoms with Crippen molar-refractivity contribution in [1.29, 1.82) is 0 Å². The number of carbonyl (C=O) groups excluding carboxylic acids is 2. The van der Waals surface area contributed by atoms with Gasteiger partial charge in [-0.15, -0.1) is 0 Å². The minimum Gasteiger partial charge on any atom is -0.497 e. The fraction of sp³-hybridized carbons (Fsp3) is 0.429. The highest BCUT2D eigenvalue weighted by Crippen LogP contribution is 2.43. The molecular formula is C28H32N2O4. The molecule has 178 valence electrons. The fourth-order valence-electron chi connectivity index (χ4n) is 4.96. The number of amides is 2. The molecule has 2 fully saturated rings. The smallest absolute Gasteiger partial charge is 0.242 e. The van der Waals surface area contributed by atoms with Gasteiger partial charge < -0.3 is 19.3 Å². The predicted molar refractivity (Wildman–Crippen MR) is 131 cm³/mol. The number of ether oxygens (including phenoxy) is 2. The van der Waals surface area contributed by atoms with Gasteiger partial charge in [0.25, 0.3) is 0 Å². The number of hydrogen-bond donors (Lipinski definition) is 0. The van der Waals surface area contributed by atoms with E-state index in [1.165, 1.54) is 0 Å². The highest BCUT2D eigenvalue weighted by Gasteiger charge is 2.54. The lowest BCUT2D eigenvalue weighted by atomic mass is 9.73. The van der Waals surface area contributed by atoms with Gasteiger partial charge >= 0.3 is 0 Å². The molecule has 0 unspecified atom stereocenters. The third-order valence-electron chi connectivity index (χ3n) is 6.72. The van der Waals surface area contributed by atoms with Gasteiger partial charge in [-0.05, 0) is 42.3 Å². The number of unbranched alkanes of at least 4 members (excludes halogenated alkanes) is 1. The molecular weight excluding hydrogens is 428 g/mol. The number of fused-ring (bicyclic) bond motifs is 1. The molecule has 2 aliphatic heterocycles. The highest BCUT2D eigenvalue weighted by molar-refractivity contribution is 5.87. The van der Waals surface area contributed by atoms with Crippen molar-refractivity contribution in [2.24, 2.45) is 0 Å². The zero-order valence-electron chi connectivity index (χ0n) is 20.1. The van der Waals surface area contributed by atoms with Gasteiger partial charge in [0.15, 0.2) is 0 Å². The van der Waals surface area contributed by atoms with Crippen LogP contribution in [0.2, 0.25) is 0 Å². The highest BCUT2D eigenvalue weighted by atomic mass is 16.5. The monoisotopic (exact) mass is 460 g/mol. The van der Waals surface area contributed by atoms with Crippen LogP contribution in [-0.2, 0) is 14.3 Å². The quantitative estimate of drug-likeness (QED) is 0.594. The van der Waals surface area contributed by atoms with Gasteiger partial charge in [0.1, 0.15) is 5.75 Å². The van der Waals surface area contributed by atoms with Gasteiger partial charge in [0, 0.05) is 37.1 Å². The van der Waals surface area contributed by atoms with Crippen LogP contribution in [0.25, 0.3) is 0 Å². The van der Waals surface area contributed by atoms with Crippen LogP contribution >= 0.6 is 0 Å². The van der Waals surface area contributed by atoms with Crippen LogP contribution in [0.5, 0.6) is 5.75 Å². The Bertz CT molecular complexity index is 1090. The summed E-state index contributed by atoms with van der Waals surface area (Å²) in [5.74, 6) is 7.39. The summed E-state index contributed by atoms with van der Waals surface area (Å²) in [4.78, 5) is 29.2. The van der Waals surface area contributed by atoms with Crippen LogP contribution in [0.1, 0.15) is 48.8 Å². The summed E-state index contributed by atoms with van der Waals surface area (Å²) in [6.07, 6.45) is 2.32. The second kappa shape index (κ2) is 10.8. The first-order chi connectivity index (χ1) is 16.5. The van der Waals surface area contributed by atoms with Crippen molar-refractivity contribution in [3.63, 3.8) is 0 Å². The third kappa shape index (κ3) is 4.95. The van der Waals surface area contributed by atoms with Gasteiger partial charge in [0.2, 0.25) is 11.8 Å². The SMILES string of the molecule is CCCCC(=O)N1CC(=O)N2[C@@H](COC)[C@@H](c3ccc(C#Cc4cccc(OC)c4)cc3)[C@@H]2C1. The third-order valence-corrected chi connectivity index (χ3v) is 6.72. The van der Waals surface area contributed by atoms with Gasteiger partial charge in [0.05, 0.1) is 32.3 Å². The first-order valence-electron chi connectivity index (χ1n) is 11.9. The normalized spacial score (nSPS) is 21.3. The molecule has 0 aromatic heterocycles. The van der Waals surface area contributed by atoms with Crippen LogP contribution < -0.4 is 4.74 Å². The van der Waals surface area contributed by atoms with Crippen molar-refractivity contribution in [2.75, 3.05) is 33.9 Å². The maximum atomic E-state index is 12.9. The average Bonchev–Trinajstić information content (AvgIpc) is 2.85. The molecule has 34 heavy (non-hydrogen) atoms. The van der Waals surface area contributed by atoms with Gasteiger partial charge in [-0.1, -0.05) is 43.4 Å². The number of nitrogens with zero attached hydrogens (tertiary/aromatic N) is 2. The lowest BCUT2D eigenvalue weighted by Gasteiger charge is -2.59. The summed E-state index contributed by atoms with van der Waals surface area (Å²) in [5.41, 5.74) is 2.96. The Morgan fingerprint density at radius 1 is 1.09 bits per heavy atom. The predicted octanol–water partition coefficient (Wildman–Crippen LogP) is 3.44.